The van der Waals surface area contributed by atoms with E-state index in [1.165, 1.54) is 103 Å². The van der Waals surface area contributed by atoms with Crippen molar-refractivity contribution in [3.05, 3.63) is 236 Å². The predicted octanol–water partition coefficient (Wildman–Crippen LogP) is 16.7. The summed E-state index contributed by atoms with van der Waals surface area (Å²) < 4.78 is 7.38. The van der Waals surface area contributed by atoms with E-state index in [2.05, 4.69) is 197 Å². The van der Waals surface area contributed by atoms with Gasteiger partial charge in [0.1, 0.15) is 0 Å². The van der Waals surface area contributed by atoms with Gasteiger partial charge in [0.25, 0.3) is 0 Å². The molecule has 4 heterocycles. The normalized spacial score (nSPS) is 12.2. The van der Waals surface area contributed by atoms with Gasteiger partial charge in [0.05, 0.1) is 22.1 Å². The number of para-hydroxylation sites is 3. The van der Waals surface area contributed by atoms with Gasteiger partial charge in [0.15, 0.2) is 17.5 Å². The third-order valence-corrected chi connectivity index (χ3v) is 15.6. The van der Waals surface area contributed by atoms with Crippen molar-refractivity contribution in [2.24, 2.45) is 0 Å². The highest BCUT2D eigenvalue weighted by Gasteiger charge is 2.27. The molecule has 326 valence electrons. The average Bonchev–Trinajstić information content (AvgIpc) is 4.19. The molecular weight excluding hydrogens is 871 g/mol. The number of benzene rings is 10. The van der Waals surface area contributed by atoms with Crippen LogP contribution in [-0.4, -0.2) is 24.1 Å². The number of aromatic nitrogens is 5. The Bertz CT molecular complexity index is 4370. The highest BCUT2D eigenvalue weighted by atomic mass is 32.1. The molecule has 0 atom stereocenters. The van der Waals surface area contributed by atoms with Gasteiger partial charge < -0.3 is 9.13 Å². The van der Waals surface area contributed by atoms with Crippen molar-refractivity contribution in [1.29, 1.82) is 0 Å². The summed E-state index contributed by atoms with van der Waals surface area (Å²) in [6, 6.07) is 81.1. The first-order valence-electron chi connectivity index (χ1n) is 23.8. The van der Waals surface area contributed by atoms with Crippen LogP contribution >= 0.6 is 11.3 Å². The fourth-order valence-corrected chi connectivity index (χ4v) is 12.3. The van der Waals surface area contributed by atoms with Gasteiger partial charge >= 0.3 is 0 Å². The fourth-order valence-electron chi connectivity index (χ4n) is 11.3. The molecule has 70 heavy (non-hydrogen) atoms. The Morgan fingerprint density at radius 3 is 1.59 bits per heavy atom. The molecule has 0 bridgehead atoms. The topological polar surface area (TPSA) is 48.5 Å². The Morgan fingerprint density at radius 2 is 0.857 bits per heavy atom. The molecule has 0 N–H and O–H groups in total. The first kappa shape index (κ1) is 39.1. The Kier molecular flexibility index (Phi) is 8.52. The van der Waals surface area contributed by atoms with Gasteiger partial charge in [-0.1, -0.05) is 152 Å². The molecule has 0 unspecified atom stereocenters. The quantitative estimate of drug-likeness (QED) is 0.167. The second kappa shape index (κ2) is 15.3. The van der Waals surface area contributed by atoms with Crippen molar-refractivity contribution >= 4 is 75.1 Å². The maximum Gasteiger partial charge on any atom is 0.164 e. The van der Waals surface area contributed by atoms with Crippen molar-refractivity contribution < 1.29 is 0 Å². The molecular formula is C64H39N5S. The SMILES string of the molecule is c1ccc(-c2nc(-c3ccccc3)nc(-c3ccc4sc5ccc(-n6c7ccccc7c7cc(-c8cccc9c8Cc8c-9ccc9c%10ccccc%10n(-c%10ccccc%10)c89)ccc76)cc5c4c3)n2)cc1. The maximum atomic E-state index is 5.07. The summed E-state index contributed by atoms with van der Waals surface area (Å²) >= 11 is 1.82. The van der Waals surface area contributed by atoms with Crippen LogP contribution in [0.1, 0.15) is 11.1 Å². The molecule has 1 aliphatic carbocycles. The lowest BCUT2D eigenvalue weighted by atomic mass is 9.94. The van der Waals surface area contributed by atoms with E-state index >= 15 is 0 Å². The standard InChI is InChI=1S/C64H39N5S/c1-4-15-39(16-5-1)62-65-63(40-17-6-2-7-18-40)67-64(66-62)42-28-33-59-53(36-42)54-37-44(29-34-60(54)70-59)68-56-25-12-11-22-49(56)52-35-41(27-32-58(52)68)45-23-14-24-46-47-30-31-50-48-21-10-13-26-57(48)69(43-19-8-3-9-20-43)61(50)55(47)38-51(45)46/h1-37H,38H2. The Labute approximate surface area is 406 Å². The van der Waals surface area contributed by atoms with E-state index in [1.807, 2.05) is 47.7 Å². The molecule has 1 aliphatic rings. The Balaban J connectivity index is 0.850. The van der Waals surface area contributed by atoms with Crippen molar-refractivity contribution in [2.75, 3.05) is 0 Å². The molecule has 0 radical (unpaired) electrons. The van der Waals surface area contributed by atoms with Gasteiger partial charge in [-0.25, -0.2) is 15.0 Å². The van der Waals surface area contributed by atoms with E-state index in [4.69, 9.17) is 15.0 Å². The molecule has 15 rings (SSSR count). The van der Waals surface area contributed by atoms with Gasteiger partial charge in [-0.2, -0.15) is 0 Å². The number of fused-ring (bicyclic) bond motifs is 13. The van der Waals surface area contributed by atoms with E-state index in [0.29, 0.717) is 17.5 Å². The minimum Gasteiger partial charge on any atom is -0.309 e. The van der Waals surface area contributed by atoms with Crippen molar-refractivity contribution in [3.8, 4) is 67.8 Å². The van der Waals surface area contributed by atoms with E-state index in [0.717, 1.165) is 28.8 Å². The van der Waals surface area contributed by atoms with Crippen LogP contribution < -0.4 is 0 Å². The van der Waals surface area contributed by atoms with Crippen LogP contribution in [0.4, 0.5) is 0 Å². The molecule has 10 aromatic carbocycles. The van der Waals surface area contributed by atoms with Crippen LogP contribution in [0.3, 0.4) is 0 Å². The van der Waals surface area contributed by atoms with Crippen molar-refractivity contribution in [2.45, 2.75) is 6.42 Å². The maximum absolute atomic E-state index is 5.07. The third-order valence-electron chi connectivity index (χ3n) is 14.4. The monoisotopic (exact) mass is 909 g/mol. The van der Waals surface area contributed by atoms with Crippen LogP contribution in [0.15, 0.2) is 224 Å². The molecule has 6 heteroatoms. The summed E-state index contributed by atoms with van der Waals surface area (Å²) in [6.45, 7) is 0. The first-order valence-corrected chi connectivity index (χ1v) is 24.6. The summed E-state index contributed by atoms with van der Waals surface area (Å²) in [5.41, 5.74) is 18.0. The molecule has 5 nitrogen and oxygen atoms in total. The lowest BCUT2D eigenvalue weighted by Crippen LogP contribution is -2.00. The van der Waals surface area contributed by atoms with Gasteiger partial charge in [-0.05, 0) is 106 Å². The lowest BCUT2D eigenvalue weighted by Gasteiger charge is -2.11. The summed E-state index contributed by atoms with van der Waals surface area (Å²) in [7, 11) is 0. The van der Waals surface area contributed by atoms with Crippen LogP contribution in [0.5, 0.6) is 0 Å². The van der Waals surface area contributed by atoms with E-state index in [1.54, 1.807) is 0 Å². The molecule has 0 spiro atoms. The minimum atomic E-state index is 0.653. The highest BCUT2D eigenvalue weighted by Crippen LogP contribution is 2.48. The van der Waals surface area contributed by atoms with Crippen LogP contribution in [0.25, 0.3) is 132 Å². The Morgan fingerprint density at radius 1 is 0.314 bits per heavy atom. The molecule has 0 amide bonds. The number of hydrogen-bond donors (Lipinski definition) is 0. The second-order valence-electron chi connectivity index (χ2n) is 18.3. The van der Waals surface area contributed by atoms with Crippen molar-refractivity contribution in [1.82, 2.24) is 24.1 Å². The lowest BCUT2D eigenvalue weighted by molar-refractivity contribution is 1.07. The zero-order valence-electron chi connectivity index (χ0n) is 37.7. The molecule has 0 aliphatic heterocycles. The van der Waals surface area contributed by atoms with Gasteiger partial charge in [-0.15, -0.1) is 11.3 Å². The highest BCUT2D eigenvalue weighted by molar-refractivity contribution is 7.25. The smallest absolute Gasteiger partial charge is 0.164 e. The molecule has 0 fully saturated rings. The summed E-state index contributed by atoms with van der Waals surface area (Å²) in [5.74, 6) is 1.96. The number of rotatable bonds is 6. The minimum absolute atomic E-state index is 0.653. The molecule has 0 saturated carbocycles. The number of nitrogens with zero attached hydrogens (tertiary/aromatic N) is 5. The molecule has 0 saturated heterocycles. The van der Waals surface area contributed by atoms with Gasteiger partial charge in [-0.3, -0.25) is 0 Å². The first-order chi connectivity index (χ1) is 34.7. The largest absolute Gasteiger partial charge is 0.309 e. The number of hydrogen-bond acceptors (Lipinski definition) is 4. The predicted molar refractivity (Wildman–Crippen MR) is 291 cm³/mol. The van der Waals surface area contributed by atoms with Gasteiger partial charge in [0.2, 0.25) is 0 Å². The number of thiophene rings is 1. The van der Waals surface area contributed by atoms with Crippen LogP contribution in [0, 0.1) is 0 Å². The van der Waals surface area contributed by atoms with E-state index in [9.17, 15) is 0 Å². The molecule has 14 aromatic rings. The van der Waals surface area contributed by atoms with Gasteiger partial charge in [0, 0.05) is 76.2 Å². The van der Waals surface area contributed by atoms with E-state index < -0.39 is 0 Å². The summed E-state index contributed by atoms with van der Waals surface area (Å²) in [6.07, 6.45) is 0.868. The summed E-state index contributed by atoms with van der Waals surface area (Å²) in [5, 5.41) is 7.46. The van der Waals surface area contributed by atoms with Crippen molar-refractivity contribution in [3.63, 3.8) is 0 Å². The van der Waals surface area contributed by atoms with Crippen LogP contribution in [-0.2, 0) is 6.42 Å². The molecule has 4 aromatic heterocycles. The van der Waals surface area contributed by atoms with Crippen LogP contribution in [0.2, 0.25) is 0 Å². The Hall–Kier alpha value is -8.97. The zero-order valence-corrected chi connectivity index (χ0v) is 38.5. The zero-order chi connectivity index (χ0) is 45.9. The summed E-state index contributed by atoms with van der Waals surface area (Å²) in [4.78, 5) is 15.1. The second-order valence-corrected chi connectivity index (χ2v) is 19.4. The fraction of sp³-hybridized carbons (Fsp3) is 0.0156. The van der Waals surface area contributed by atoms with E-state index in [-0.39, 0.29) is 0 Å². The third kappa shape index (κ3) is 5.93. The average molecular weight is 910 g/mol.